The van der Waals surface area contributed by atoms with E-state index in [9.17, 15) is 4.39 Å². The highest BCUT2D eigenvalue weighted by Crippen LogP contribution is 2.39. The Bertz CT molecular complexity index is 783. The van der Waals surface area contributed by atoms with E-state index in [2.05, 4.69) is 5.32 Å². The minimum absolute atomic E-state index is 0.252. The van der Waals surface area contributed by atoms with Crippen molar-refractivity contribution in [1.29, 1.82) is 0 Å². The first-order chi connectivity index (χ1) is 10.1. The molecule has 1 unspecified atom stereocenters. The highest BCUT2D eigenvalue weighted by atomic mass is 35.5. The van der Waals surface area contributed by atoms with Crippen LogP contribution < -0.4 is 5.32 Å². The molecule has 21 heavy (non-hydrogen) atoms. The van der Waals surface area contributed by atoms with Gasteiger partial charge in [0.15, 0.2) is 11.4 Å². The molecule has 0 spiro atoms. The van der Waals surface area contributed by atoms with Crippen molar-refractivity contribution in [2.45, 2.75) is 13.0 Å². The highest BCUT2D eigenvalue weighted by molar-refractivity contribution is 7.20. The van der Waals surface area contributed by atoms with E-state index in [-0.39, 0.29) is 17.4 Å². The Morgan fingerprint density at radius 1 is 1.33 bits per heavy atom. The second kappa shape index (κ2) is 5.97. The van der Waals surface area contributed by atoms with Crippen molar-refractivity contribution in [1.82, 2.24) is 5.32 Å². The molecule has 1 aromatic carbocycles. The van der Waals surface area contributed by atoms with Gasteiger partial charge in [0.2, 0.25) is 0 Å². The van der Waals surface area contributed by atoms with E-state index < -0.39 is 0 Å². The van der Waals surface area contributed by atoms with Gasteiger partial charge in [-0.25, -0.2) is 4.39 Å². The molecule has 6 heteroatoms. The van der Waals surface area contributed by atoms with E-state index in [1.54, 1.807) is 6.07 Å². The van der Waals surface area contributed by atoms with Crippen molar-refractivity contribution in [3.63, 3.8) is 0 Å². The van der Waals surface area contributed by atoms with Gasteiger partial charge in [0.1, 0.15) is 5.76 Å². The number of halogens is 3. The van der Waals surface area contributed by atoms with E-state index in [1.807, 2.05) is 25.1 Å². The second-order valence-electron chi connectivity index (χ2n) is 4.58. The van der Waals surface area contributed by atoms with Crippen LogP contribution in [0, 0.1) is 5.82 Å². The quantitative estimate of drug-likeness (QED) is 0.663. The third-order valence-corrected chi connectivity index (χ3v) is 4.72. The maximum atomic E-state index is 13.8. The Morgan fingerprint density at radius 2 is 2.14 bits per heavy atom. The van der Waals surface area contributed by atoms with E-state index >= 15 is 0 Å². The lowest BCUT2D eigenvalue weighted by Gasteiger charge is -2.14. The zero-order chi connectivity index (χ0) is 15.0. The normalized spacial score (nSPS) is 13.0. The van der Waals surface area contributed by atoms with Gasteiger partial charge < -0.3 is 9.73 Å². The number of furan rings is 1. The van der Waals surface area contributed by atoms with Crippen LogP contribution in [0.1, 0.15) is 24.3 Å². The molecule has 0 aliphatic carbocycles. The Balaban J connectivity index is 2.11. The van der Waals surface area contributed by atoms with E-state index in [1.165, 1.54) is 17.4 Å². The largest absolute Gasteiger partial charge is 0.456 e. The Kier molecular flexibility index (Phi) is 4.22. The fraction of sp³-hybridized carbons (Fsp3) is 0.200. The molecule has 1 N–H and O–H groups in total. The maximum absolute atomic E-state index is 13.8. The lowest BCUT2D eigenvalue weighted by molar-refractivity contribution is 0.465. The smallest absolute Gasteiger partial charge is 0.169 e. The van der Waals surface area contributed by atoms with Crippen LogP contribution in [0.25, 0.3) is 11.0 Å². The number of fused-ring (bicyclic) bond motifs is 1. The first-order valence-corrected chi connectivity index (χ1v) is 8.03. The van der Waals surface area contributed by atoms with Crippen molar-refractivity contribution < 1.29 is 8.81 Å². The molecule has 2 nitrogen and oxygen atoms in total. The topological polar surface area (TPSA) is 25.2 Å². The highest BCUT2D eigenvalue weighted by Gasteiger charge is 2.23. The molecule has 0 aliphatic heterocycles. The molecule has 0 bridgehead atoms. The van der Waals surface area contributed by atoms with Gasteiger partial charge in [-0.2, -0.15) is 0 Å². The van der Waals surface area contributed by atoms with Gasteiger partial charge in [-0.05, 0) is 24.7 Å². The molecule has 3 aromatic rings. The SMILES string of the molecule is CCNC(c1cc2cccc(F)c2o1)c1cc(Cl)sc1Cl. The molecular weight excluding hydrogens is 332 g/mol. The van der Waals surface area contributed by atoms with Crippen LogP contribution in [0.15, 0.2) is 34.7 Å². The lowest BCUT2D eigenvalue weighted by atomic mass is 10.1. The lowest BCUT2D eigenvalue weighted by Crippen LogP contribution is -2.21. The average molecular weight is 344 g/mol. The van der Waals surface area contributed by atoms with Crippen molar-refractivity contribution in [2.75, 3.05) is 6.54 Å². The van der Waals surface area contributed by atoms with Gasteiger partial charge >= 0.3 is 0 Å². The fourth-order valence-electron chi connectivity index (χ4n) is 2.31. The van der Waals surface area contributed by atoms with E-state index in [0.717, 1.165) is 10.9 Å². The molecule has 0 amide bonds. The number of thiophene rings is 1. The summed E-state index contributed by atoms with van der Waals surface area (Å²) in [6, 6.07) is 8.24. The molecule has 3 rings (SSSR count). The zero-order valence-corrected chi connectivity index (χ0v) is 13.4. The Hall–Kier alpha value is -1.07. The Labute approximate surface area is 135 Å². The number of rotatable bonds is 4. The average Bonchev–Trinajstić information content (AvgIpc) is 3.00. The number of hydrogen-bond donors (Lipinski definition) is 1. The summed E-state index contributed by atoms with van der Waals surface area (Å²) in [7, 11) is 0. The molecular formula is C15H12Cl2FNOS. The van der Waals surface area contributed by atoms with Gasteiger partial charge in [0.25, 0.3) is 0 Å². The van der Waals surface area contributed by atoms with Crippen molar-refractivity contribution in [3.8, 4) is 0 Å². The Morgan fingerprint density at radius 3 is 2.76 bits per heavy atom. The minimum Gasteiger partial charge on any atom is -0.456 e. The molecule has 110 valence electrons. The van der Waals surface area contributed by atoms with Crippen LogP contribution in [0.5, 0.6) is 0 Å². The summed E-state index contributed by atoms with van der Waals surface area (Å²) in [6.45, 7) is 2.70. The minimum atomic E-state index is -0.372. The molecule has 0 saturated heterocycles. The van der Waals surface area contributed by atoms with E-state index in [0.29, 0.717) is 21.0 Å². The predicted octanol–water partition coefficient (Wildman–Crippen LogP) is 5.64. The van der Waals surface area contributed by atoms with Crippen LogP contribution in [0.3, 0.4) is 0 Å². The molecule has 0 aliphatic rings. The summed E-state index contributed by atoms with van der Waals surface area (Å²) < 4.78 is 20.7. The molecule has 0 radical (unpaired) electrons. The van der Waals surface area contributed by atoms with Crippen LogP contribution in [0.2, 0.25) is 8.67 Å². The summed E-state index contributed by atoms with van der Waals surface area (Å²) in [5, 5.41) is 4.02. The molecule has 0 fully saturated rings. The third kappa shape index (κ3) is 2.81. The third-order valence-electron chi connectivity index (χ3n) is 3.20. The maximum Gasteiger partial charge on any atom is 0.169 e. The number of para-hydroxylation sites is 1. The van der Waals surface area contributed by atoms with E-state index in [4.69, 9.17) is 27.6 Å². The summed E-state index contributed by atoms with van der Waals surface area (Å²) in [6.07, 6.45) is 0. The first kappa shape index (κ1) is 14.9. The number of hydrogen-bond acceptors (Lipinski definition) is 3. The standard InChI is InChI=1S/C15H12Cl2FNOS/c1-2-19-13(9-7-12(16)21-15(9)17)11-6-8-4-3-5-10(18)14(8)20-11/h3-7,13,19H,2H2,1H3. The second-order valence-corrected chi connectivity index (χ2v) is 6.86. The number of benzene rings is 1. The summed E-state index contributed by atoms with van der Waals surface area (Å²) in [5.41, 5.74) is 1.10. The first-order valence-electron chi connectivity index (χ1n) is 6.46. The van der Waals surface area contributed by atoms with Crippen molar-refractivity contribution in [3.05, 3.63) is 56.1 Å². The number of nitrogens with one attached hydrogen (secondary N) is 1. The van der Waals surface area contributed by atoms with Crippen LogP contribution in [-0.2, 0) is 0 Å². The predicted molar refractivity (Wildman–Crippen MR) is 86.0 cm³/mol. The molecule has 2 aromatic heterocycles. The van der Waals surface area contributed by atoms with Crippen molar-refractivity contribution in [2.24, 2.45) is 0 Å². The zero-order valence-electron chi connectivity index (χ0n) is 11.1. The van der Waals surface area contributed by atoms with Gasteiger partial charge in [-0.15, -0.1) is 11.3 Å². The van der Waals surface area contributed by atoms with Gasteiger partial charge in [-0.1, -0.05) is 42.3 Å². The van der Waals surface area contributed by atoms with Gasteiger partial charge in [0.05, 0.1) is 14.7 Å². The molecule has 2 heterocycles. The van der Waals surface area contributed by atoms with Gasteiger partial charge in [0, 0.05) is 10.9 Å². The van der Waals surface area contributed by atoms with Crippen LogP contribution >= 0.6 is 34.5 Å². The van der Waals surface area contributed by atoms with Gasteiger partial charge in [-0.3, -0.25) is 0 Å². The van der Waals surface area contributed by atoms with Crippen molar-refractivity contribution >= 4 is 45.5 Å². The fourth-order valence-corrected chi connectivity index (χ4v) is 3.84. The molecule has 1 atom stereocenters. The van der Waals surface area contributed by atoms with Crippen LogP contribution in [-0.4, -0.2) is 6.54 Å². The summed E-state index contributed by atoms with van der Waals surface area (Å²) >= 11 is 13.6. The monoisotopic (exact) mass is 343 g/mol. The summed E-state index contributed by atoms with van der Waals surface area (Å²) in [4.78, 5) is 0. The van der Waals surface area contributed by atoms with Crippen LogP contribution in [0.4, 0.5) is 4.39 Å². The molecule has 0 saturated carbocycles. The summed E-state index contributed by atoms with van der Waals surface area (Å²) in [5.74, 6) is 0.247.